The van der Waals surface area contributed by atoms with Gasteiger partial charge in [0.25, 0.3) is 0 Å². The molecule has 1 aromatic rings. The van der Waals surface area contributed by atoms with Crippen molar-refractivity contribution < 1.29 is 9.53 Å². The van der Waals surface area contributed by atoms with Crippen LogP contribution in [-0.2, 0) is 9.53 Å². The zero-order valence-corrected chi connectivity index (χ0v) is 12.2. The molecule has 4 nitrogen and oxygen atoms in total. The Bertz CT molecular complexity index is 376. The van der Waals surface area contributed by atoms with Gasteiger partial charge in [-0.2, -0.15) is 11.8 Å². The topological polar surface area (TPSA) is 52.1 Å². The van der Waals surface area contributed by atoms with E-state index in [2.05, 4.69) is 16.9 Å². The summed E-state index contributed by atoms with van der Waals surface area (Å²) in [4.78, 5) is 19.8. The van der Waals surface area contributed by atoms with E-state index in [1.54, 1.807) is 30.4 Å². The summed E-state index contributed by atoms with van der Waals surface area (Å²) in [5, 5.41) is 0.237. The summed E-state index contributed by atoms with van der Waals surface area (Å²) < 4.78 is 5.24. The van der Waals surface area contributed by atoms with E-state index in [1.165, 1.54) is 0 Å². The quantitative estimate of drug-likeness (QED) is 0.768. The summed E-state index contributed by atoms with van der Waals surface area (Å²) >= 11 is 1.68. The van der Waals surface area contributed by atoms with Gasteiger partial charge in [0, 0.05) is 29.6 Å². The zero-order valence-electron chi connectivity index (χ0n) is 11.3. The van der Waals surface area contributed by atoms with Crippen LogP contribution in [0.5, 0.6) is 0 Å². The molecule has 0 aliphatic carbocycles. The Morgan fingerprint density at radius 2 is 2.17 bits per heavy atom. The normalized spacial score (nSPS) is 13.1. The first-order valence-corrected chi connectivity index (χ1v) is 7.03. The fraction of sp³-hybridized carbons (Fsp3) is 0.615. The Kier molecular flexibility index (Phi) is 5.59. The van der Waals surface area contributed by atoms with Gasteiger partial charge in [-0.25, -0.2) is 0 Å². The summed E-state index contributed by atoms with van der Waals surface area (Å²) in [7, 11) is 0. The molecule has 1 aromatic heterocycles. The number of esters is 1. The molecule has 0 aromatic carbocycles. The lowest BCUT2D eigenvalue weighted by molar-refractivity contribution is -0.154. The van der Waals surface area contributed by atoms with Gasteiger partial charge < -0.3 is 4.74 Å². The zero-order chi connectivity index (χ0) is 13.6. The fourth-order valence-electron chi connectivity index (χ4n) is 1.32. The fourth-order valence-corrected chi connectivity index (χ4v) is 2.25. The minimum atomic E-state index is -0.404. The van der Waals surface area contributed by atoms with E-state index in [0.29, 0.717) is 6.42 Å². The molecule has 0 radical (unpaired) electrons. The van der Waals surface area contributed by atoms with Crippen LogP contribution >= 0.6 is 11.8 Å². The highest BCUT2D eigenvalue weighted by Crippen LogP contribution is 2.26. The van der Waals surface area contributed by atoms with Crippen LogP contribution in [-0.4, -0.2) is 27.3 Å². The maximum absolute atomic E-state index is 11.5. The van der Waals surface area contributed by atoms with E-state index >= 15 is 0 Å². The first-order valence-electron chi connectivity index (χ1n) is 5.98. The predicted molar refractivity (Wildman–Crippen MR) is 73.4 cm³/mol. The summed E-state index contributed by atoms with van der Waals surface area (Å²) in [6.07, 6.45) is 5.51. The molecular weight excluding hydrogens is 248 g/mol. The number of thioether (sulfide) groups is 1. The smallest absolute Gasteiger partial charge is 0.307 e. The predicted octanol–water partition coefficient (Wildman–Crippen LogP) is 3.00. The van der Waals surface area contributed by atoms with Crippen molar-refractivity contribution in [1.82, 2.24) is 9.97 Å². The third kappa shape index (κ3) is 6.00. The minimum absolute atomic E-state index is 0.152. The molecule has 1 rings (SSSR count). The molecule has 0 amide bonds. The Morgan fingerprint density at radius 1 is 1.44 bits per heavy atom. The molecule has 0 bridgehead atoms. The van der Waals surface area contributed by atoms with Gasteiger partial charge >= 0.3 is 5.97 Å². The highest BCUT2D eigenvalue weighted by molar-refractivity contribution is 7.99. The molecular formula is C13H20N2O2S. The van der Waals surface area contributed by atoms with Gasteiger partial charge in [-0.1, -0.05) is 0 Å². The maximum atomic E-state index is 11.5. The second-order valence-electron chi connectivity index (χ2n) is 4.98. The maximum Gasteiger partial charge on any atom is 0.307 e. The highest BCUT2D eigenvalue weighted by Gasteiger charge is 2.16. The van der Waals surface area contributed by atoms with Crippen LogP contribution in [0.3, 0.4) is 0 Å². The molecule has 0 spiro atoms. The Balaban J connectivity index is 2.28. The molecule has 0 fully saturated rings. The van der Waals surface area contributed by atoms with Crippen LogP contribution in [0, 0.1) is 0 Å². The number of ether oxygens (including phenoxy) is 1. The van der Waals surface area contributed by atoms with Crippen LogP contribution in [0.4, 0.5) is 0 Å². The average Bonchev–Trinajstić information content (AvgIpc) is 2.27. The molecule has 0 N–H and O–H groups in total. The Hall–Kier alpha value is -1.10. The minimum Gasteiger partial charge on any atom is -0.460 e. The number of carbonyl (C=O) groups is 1. The molecule has 1 heterocycles. The van der Waals surface area contributed by atoms with Crippen LogP contribution in [0.1, 0.15) is 45.1 Å². The van der Waals surface area contributed by atoms with E-state index in [1.807, 2.05) is 20.8 Å². The van der Waals surface area contributed by atoms with E-state index in [0.717, 1.165) is 11.4 Å². The highest BCUT2D eigenvalue weighted by atomic mass is 32.2. The molecule has 0 aliphatic rings. The second kappa shape index (κ2) is 6.73. The van der Waals surface area contributed by atoms with Gasteiger partial charge in [0.2, 0.25) is 0 Å². The van der Waals surface area contributed by atoms with Crippen molar-refractivity contribution in [2.45, 2.75) is 45.0 Å². The Labute approximate surface area is 113 Å². The third-order valence-electron chi connectivity index (χ3n) is 2.09. The molecule has 0 aliphatic heterocycles. The number of hydrogen-bond acceptors (Lipinski definition) is 5. The van der Waals surface area contributed by atoms with Gasteiger partial charge in [-0.3, -0.25) is 14.8 Å². The molecule has 0 unspecified atom stereocenters. The lowest BCUT2D eigenvalue weighted by Crippen LogP contribution is -2.24. The molecule has 5 heteroatoms. The summed E-state index contributed by atoms with van der Waals surface area (Å²) in [5.41, 5.74) is 0.532. The Morgan fingerprint density at radius 3 is 2.72 bits per heavy atom. The number of carbonyl (C=O) groups excluding carboxylic acids is 1. The molecule has 0 saturated carbocycles. The van der Waals surface area contributed by atoms with Crippen molar-refractivity contribution in [1.29, 1.82) is 0 Å². The molecule has 18 heavy (non-hydrogen) atoms. The summed E-state index contributed by atoms with van der Waals surface area (Å²) in [6.45, 7) is 7.68. The van der Waals surface area contributed by atoms with Gasteiger partial charge in [0.15, 0.2) is 0 Å². The second-order valence-corrected chi connectivity index (χ2v) is 6.43. The number of aromatic nitrogens is 2. The van der Waals surface area contributed by atoms with Crippen molar-refractivity contribution in [2.75, 3.05) is 5.75 Å². The third-order valence-corrected chi connectivity index (χ3v) is 3.28. The number of rotatable bonds is 5. The van der Waals surface area contributed by atoms with Crippen molar-refractivity contribution in [3.8, 4) is 0 Å². The van der Waals surface area contributed by atoms with Crippen LogP contribution in [0.2, 0.25) is 0 Å². The lowest BCUT2D eigenvalue weighted by Gasteiger charge is -2.19. The largest absolute Gasteiger partial charge is 0.460 e. The van der Waals surface area contributed by atoms with E-state index < -0.39 is 5.60 Å². The van der Waals surface area contributed by atoms with Crippen molar-refractivity contribution >= 4 is 17.7 Å². The van der Waals surface area contributed by atoms with Gasteiger partial charge in [-0.15, -0.1) is 0 Å². The first-order chi connectivity index (χ1) is 8.38. The molecule has 100 valence electrons. The van der Waals surface area contributed by atoms with Crippen LogP contribution in [0.15, 0.2) is 18.6 Å². The monoisotopic (exact) mass is 268 g/mol. The van der Waals surface area contributed by atoms with Gasteiger partial charge in [0.1, 0.15) is 5.60 Å². The molecule has 1 atom stereocenters. The first kappa shape index (κ1) is 15.0. The van der Waals surface area contributed by atoms with E-state index in [-0.39, 0.29) is 11.2 Å². The molecule has 0 saturated heterocycles. The van der Waals surface area contributed by atoms with Gasteiger partial charge in [-0.05, 0) is 27.7 Å². The lowest BCUT2D eigenvalue weighted by atomic mass is 10.2. The van der Waals surface area contributed by atoms with Crippen LogP contribution < -0.4 is 0 Å². The van der Waals surface area contributed by atoms with Crippen molar-refractivity contribution in [3.63, 3.8) is 0 Å². The summed E-state index contributed by atoms with van der Waals surface area (Å²) in [5.74, 6) is 0.577. The van der Waals surface area contributed by atoms with Gasteiger partial charge in [0.05, 0.1) is 12.1 Å². The number of hydrogen-bond donors (Lipinski definition) is 0. The van der Waals surface area contributed by atoms with E-state index in [4.69, 9.17) is 4.74 Å². The number of nitrogens with zero attached hydrogens (tertiary/aromatic N) is 2. The SMILES string of the molecule is C[C@@H](SCCC(=O)OC(C)(C)C)c1cnccn1. The summed E-state index contributed by atoms with van der Waals surface area (Å²) in [6, 6.07) is 0. The van der Waals surface area contributed by atoms with Crippen molar-refractivity contribution in [3.05, 3.63) is 24.3 Å². The standard InChI is InChI=1S/C13H20N2O2S/c1-10(11-9-14-6-7-15-11)18-8-5-12(16)17-13(2,3)4/h6-7,9-10H,5,8H2,1-4H3/t10-/m1/s1. The van der Waals surface area contributed by atoms with E-state index in [9.17, 15) is 4.79 Å². The van der Waals surface area contributed by atoms with Crippen LogP contribution in [0.25, 0.3) is 0 Å². The average molecular weight is 268 g/mol. The van der Waals surface area contributed by atoms with Crippen molar-refractivity contribution in [2.24, 2.45) is 0 Å².